The van der Waals surface area contributed by atoms with E-state index in [1.54, 1.807) is 20.0 Å². The molecule has 3 rings (SSSR count). The zero-order valence-electron chi connectivity index (χ0n) is 16.7. The van der Waals surface area contributed by atoms with Gasteiger partial charge in [-0.25, -0.2) is 13.4 Å². The molecule has 2 saturated heterocycles. The first-order valence-corrected chi connectivity index (χ1v) is 11.5. The van der Waals surface area contributed by atoms with Gasteiger partial charge in [-0.1, -0.05) is 0 Å². The molecule has 28 heavy (non-hydrogen) atoms. The van der Waals surface area contributed by atoms with E-state index >= 15 is 0 Å². The van der Waals surface area contributed by atoms with Crippen molar-refractivity contribution in [3.8, 4) is 0 Å². The quantitative estimate of drug-likeness (QED) is 0.771. The monoisotopic (exact) mass is 409 g/mol. The summed E-state index contributed by atoms with van der Waals surface area (Å²) >= 11 is 0. The predicted molar refractivity (Wildman–Crippen MR) is 109 cm³/mol. The molecular weight excluding hydrogens is 378 g/mol. The molecule has 2 N–H and O–H groups in total. The lowest BCUT2D eigenvalue weighted by molar-refractivity contribution is -0.138. The van der Waals surface area contributed by atoms with Crippen LogP contribution in [0.25, 0.3) is 0 Å². The van der Waals surface area contributed by atoms with Gasteiger partial charge in [-0.05, 0) is 57.5 Å². The first kappa shape index (κ1) is 21.0. The van der Waals surface area contributed by atoms with Crippen LogP contribution in [0, 0.1) is 5.92 Å². The largest absolute Gasteiger partial charge is 0.384 e. The molecule has 0 bridgehead atoms. The van der Waals surface area contributed by atoms with E-state index in [9.17, 15) is 13.2 Å². The molecule has 0 aromatic carbocycles. The molecule has 9 heteroatoms. The van der Waals surface area contributed by atoms with E-state index in [0.717, 1.165) is 38.0 Å². The number of nitrogens with two attached hydrogens (primary N) is 1. The molecule has 2 fully saturated rings. The number of amides is 1. The Balaban J connectivity index is 1.47. The maximum absolute atomic E-state index is 12.9. The topological polar surface area (TPSA) is 99.8 Å². The average molecular weight is 410 g/mol. The summed E-state index contributed by atoms with van der Waals surface area (Å²) < 4.78 is 26.1. The van der Waals surface area contributed by atoms with Crippen molar-refractivity contribution < 1.29 is 13.2 Å². The maximum atomic E-state index is 12.9. The number of carbonyl (C=O) groups is 1. The van der Waals surface area contributed by atoms with Gasteiger partial charge in [0.1, 0.15) is 5.82 Å². The van der Waals surface area contributed by atoms with Gasteiger partial charge in [0, 0.05) is 44.8 Å². The smallest absolute Gasteiger partial charge is 0.225 e. The van der Waals surface area contributed by atoms with Gasteiger partial charge in [0.25, 0.3) is 0 Å². The summed E-state index contributed by atoms with van der Waals surface area (Å²) in [6.45, 7) is 7.73. The number of aromatic nitrogens is 1. The minimum Gasteiger partial charge on any atom is -0.384 e. The molecule has 1 amide bonds. The van der Waals surface area contributed by atoms with E-state index in [1.165, 1.54) is 4.31 Å². The maximum Gasteiger partial charge on any atom is 0.225 e. The highest BCUT2D eigenvalue weighted by Crippen LogP contribution is 2.23. The highest BCUT2D eigenvalue weighted by atomic mass is 32.2. The molecule has 1 aromatic rings. The number of carbonyl (C=O) groups excluding carboxylic acids is 1. The molecule has 0 saturated carbocycles. The van der Waals surface area contributed by atoms with Crippen LogP contribution in [0.2, 0.25) is 0 Å². The molecule has 3 heterocycles. The van der Waals surface area contributed by atoms with E-state index in [4.69, 9.17) is 5.73 Å². The Morgan fingerprint density at radius 3 is 2.39 bits per heavy atom. The minimum absolute atomic E-state index is 0.0343. The predicted octanol–water partition coefficient (Wildman–Crippen LogP) is 0.758. The van der Waals surface area contributed by atoms with Gasteiger partial charge < -0.3 is 10.6 Å². The van der Waals surface area contributed by atoms with E-state index in [1.807, 2.05) is 17.0 Å². The van der Waals surface area contributed by atoms with Crippen molar-refractivity contribution in [2.45, 2.75) is 38.5 Å². The van der Waals surface area contributed by atoms with Crippen molar-refractivity contribution in [2.75, 3.05) is 45.0 Å². The third kappa shape index (κ3) is 4.82. The molecule has 0 atom stereocenters. The van der Waals surface area contributed by atoms with E-state index in [0.29, 0.717) is 32.0 Å². The Kier molecular flexibility index (Phi) is 6.57. The molecule has 8 nitrogen and oxygen atoms in total. The van der Waals surface area contributed by atoms with Crippen LogP contribution in [0.1, 0.15) is 32.3 Å². The van der Waals surface area contributed by atoms with Gasteiger partial charge in [-0.15, -0.1) is 0 Å². The molecule has 2 aliphatic heterocycles. The number of likely N-dealkylation sites (tertiary alicyclic amines) is 1. The first-order valence-electron chi connectivity index (χ1n) is 9.98. The SMILES string of the molecule is CC(C)S(=O)(=O)N1CCN(C(=O)C2CCN(Cc3ccnc(N)c3)CC2)CC1. The minimum atomic E-state index is -3.24. The number of piperidine rings is 1. The third-order valence-electron chi connectivity index (χ3n) is 5.69. The van der Waals surface area contributed by atoms with Crippen molar-refractivity contribution in [3.63, 3.8) is 0 Å². The number of hydrogen-bond donors (Lipinski definition) is 1. The van der Waals surface area contributed by atoms with Gasteiger partial charge >= 0.3 is 0 Å². The summed E-state index contributed by atoms with van der Waals surface area (Å²) in [6.07, 6.45) is 3.40. The number of sulfonamides is 1. The molecule has 0 unspecified atom stereocenters. The molecule has 156 valence electrons. The van der Waals surface area contributed by atoms with Crippen LogP contribution >= 0.6 is 0 Å². The van der Waals surface area contributed by atoms with Crippen LogP contribution in [0.3, 0.4) is 0 Å². The van der Waals surface area contributed by atoms with Crippen LogP contribution in [0.5, 0.6) is 0 Å². The number of pyridine rings is 1. The molecule has 0 spiro atoms. The summed E-state index contributed by atoms with van der Waals surface area (Å²) in [5, 5.41) is -0.421. The molecule has 1 aromatic heterocycles. The van der Waals surface area contributed by atoms with Gasteiger partial charge in [0.15, 0.2) is 0 Å². The Bertz CT molecular complexity index is 783. The van der Waals surface area contributed by atoms with Crippen molar-refractivity contribution in [1.82, 2.24) is 19.1 Å². The zero-order chi connectivity index (χ0) is 20.3. The average Bonchev–Trinajstić information content (AvgIpc) is 2.68. The van der Waals surface area contributed by atoms with E-state index in [-0.39, 0.29) is 11.8 Å². The highest BCUT2D eigenvalue weighted by Gasteiger charge is 2.34. The molecule has 0 aliphatic carbocycles. The van der Waals surface area contributed by atoms with Gasteiger partial charge in [-0.3, -0.25) is 9.69 Å². The fourth-order valence-corrected chi connectivity index (χ4v) is 5.18. The summed E-state index contributed by atoms with van der Waals surface area (Å²) in [5.41, 5.74) is 6.88. The normalized spacial score (nSPS) is 20.6. The summed E-state index contributed by atoms with van der Waals surface area (Å²) in [7, 11) is -3.24. The number of nitrogens with zero attached hydrogens (tertiary/aromatic N) is 4. The second-order valence-corrected chi connectivity index (χ2v) is 10.4. The van der Waals surface area contributed by atoms with Crippen LogP contribution in [0.15, 0.2) is 18.3 Å². The van der Waals surface area contributed by atoms with E-state index < -0.39 is 15.3 Å². The van der Waals surface area contributed by atoms with Gasteiger partial charge in [0.05, 0.1) is 5.25 Å². The Morgan fingerprint density at radius 1 is 1.18 bits per heavy atom. The number of nitrogen functional groups attached to an aromatic ring is 1. The Hall–Kier alpha value is -1.71. The lowest BCUT2D eigenvalue weighted by Gasteiger charge is -2.38. The summed E-state index contributed by atoms with van der Waals surface area (Å²) in [4.78, 5) is 21.1. The lowest BCUT2D eigenvalue weighted by Crippen LogP contribution is -2.53. The van der Waals surface area contributed by atoms with Crippen LogP contribution in [-0.2, 0) is 21.4 Å². The van der Waals surface area contributed by atoms with Crippen LogP contribution in [0.4, 0.5) is 5.82 Å². The standard InChI is InChI=1S/C19H31N5O3S/c1-15(2)28(26,27)24-11-9-23(10-12-24)19(25)17-4-7-22(8-5-17)14-16-3-6-21-18(20)13-16/h3,6,13,15,17H,4-5,7-12,14H2,1-2H3,(H2,20,21). The molecular formula is C19H31N5O3S. The lowest BCUT2D eigenvalue weighted by atomic mass is 9.94. The van der Waals surface area contributed by atoms with Crippen LogP contribution < -0.4 is 5.73 Å². The highest BCUT2D eigenvalue weighted by molar-refractivity contribution is 7.89. The second kappa shape index (κ2) is 8.75. The third-order valence-corrected chi connectivity index (χ3v) is 7.97. The number of piperazine rings is 1. The molecule has 0 radical (unpaired) electrons. The van der Waals surface area contributed by atoms with E-state index in [2.05, 4.69) is 9.88 Å². The van der Waals surface area contributed by atoms with Crippen molar-refractivity contribution in [2.24, 2.45) is 5.92 Å². The fourth-order valence-electron chi connectivity index (χ4n) is 3.91. The summed E-state index contributed by atoms with van der Waals surface area (Å²) in [6, 6.07) is 3.86. The fraction of sp³-hybridized carbons (Fsp3) is 0.684. The Morgan fingerprint density at radius 2 is 1.82 bits per heavy atom. The van der Waals surface area contributed by atoms with Crippen molar-refractivity contribution in [1.29, 1.82) is 0 Å². The van der Waals surface area contributed by atoms with Gasteiger partial charge in [-0.2, -0.15) is 4.31 Å². The van der Waals surface area contributed by atoms with Crippen molar-refractivity contribution >= 4 is 21.7 Å². The van der Waals surface area contributed by atoms with Crippen molar-refractivity contribution in [3.05, 3.63) is 23.9 Å². The summed E-state index contributed by atoms with van der Waals surface area (Å²) in [5.74, 6) is 0.739. The first-order chi connectivity index (χ1) is 13.3. The second-order valence-electron chi connectivity index (χ2n) is 7.96. The zero-order valence-corrected chi connectivity index (χ0v) is 17.6. The Labute approximate surface area is 167 Å². The number of rotatable bonds is 5. The van der Waals surface area contributed by atoms with Crippen LogP contribution in [-0.4, -0.2) is 77.9 Å². The van der Waals surface area contributed by atoms with Gasteiger partial charge in [0.2, 0.25) is 15.9 Å². The molecule has 2 aliphatic rings. The number of hydrogen-bond acceptors (Lipinski definition) is 6. The number of anilines is 1.